The van der Waals surface area contributed by atoms with E-state index < -0.39 is 0 Å². The van der Waals surface area contributed by atoms with Crippen molar-refractivity contribution in [2.24, 2.45) is 0 Å². The summed E-state index contributed by atoms with van der Waals surface area (Å²) in [6, 6.07) is 4.85. The summed E-state index contributed by atoms with van der Waals surface area (Å²) < 4.78 is 11.9. The van der Waals surface area contributed by atoms with Crippen LogP contribution in [-0.4, -0.2) is 48.3 Å². The fourth-order valence-electron chi connectivity index (χ4n) is 4.27. The van der Waals surface area contributed by atoms with Gasteiger partial charge in [0.1, 0.15) is 11.9 Å². The molecule has 0 bridgehead atoms. The highest BCUT2D eigenvalue weighted by molar-refractivity contribution is 9.10. The van der Waals surface area contributed by atoms with Gasteiger partial charge in [0.25, 0.3) is 0 Å². The largest absolute Gasteiger partial charge is 0.444 e. The first-order valence-corrected chi connectivity index (χ1v) is 10.6. The van der Waals surface area contributed by atoms with Crippen LogP contribution in [0.5, 0.6) is 0 Å². The molecule has 1 aliphatic carbocycles. The minimum Gasteiger partial charge on any atom is -0.444 e. The van der Waals surface area contributed by atoms with Crippen LogP contribution >= 0.6 is 15.9 Å². The number of rotatable bonds is 3. The van der Waals surface area contributed by atoms with Gasteiger partial charge in [-0.2, -0.15) is 5.26 Å². The molecule has 1 saturated heterocycles. The lowest BCUT2D eigenvalue weighted by atomic mass is 9.89. The molecule has 144 valence electrons. The summed E-state index contributed by atoms with van der Waals surface area (Å²) in [5, 5.41) is 13.6. The Morgan fingerprint density at radius 2 is 2.04 bits per heavy atom. The molecular weight excluding hydrogens is 408 g/mol. The van der Waals surface area contributed by atoms with Crippen LogP contribution in [0.2, 0.25) is 0 Å². The van der Waals surface area contributed by atoms with Gasteiger partial charge in [-0.15, -0.1) is 0 Å². The zero-order chi connectivity index (χ0) is 18.6. The second-order valence-electron chi connectivity index (χ2n) is 7.44. The molecular formula is C20H25BrN4O2. The zero-order valence-electron chi connectivity index (χ0n) is 15.4. The van der Waals surface area contributed by atoms with Crippen LogP contribution < -0.4 is 5.32 Å². The van der Waals surface area contributed by atoms with E-state index in [1.54, 1.807) is 12.3 Å². The van der Waals surface area contributed by atoms with Crippen molar-refractivity contribution in [2.75, 3.05) is 31.6 Å². The smallest absolute Gasteiger partial charge is 0.204 e. The summed E-state index contributed by atoms with van der Waals surface area (Å²) >= 11 is 3.64. The van der Waals surface area contributed by atoms with E-state index in [-0.39, 0.29) is 0 Å². The Morgan fingerprint density at radius 1 is 1.22 bits per heavy atom. The van der Waals surface area contributed by atoms with Crippen molar-refractivity contribution in [3.05, 3.63) is 22.5 Å². The Balaban J connectivity index is 1.45. The van der Waals surface area contributed by atoms with Crippen LogP contribution in [0, 0.1) is 11.3 Å². The molecule has 7 heteroatoms. The maximum atomic E-state index is 9.04. The first kappa shape index (κ1) is 18.7. The van der Waals surface area contributed by atoms with Crippen LogP contribution in [0.25, 0.3) is 11.0 Å². The molecule has 2 aliphatic rings. The van der Waals surface area contributed by atoms with Crippen LogP contribution in [0.4, 0.5) is 5.82 Å². The number of nitrogens with one attached hydrogen (secondary N) is 1. The van der Waals surface area contributed by atoms with Crippen molar-refractivity contribution in [2.45, 2.75) is 50.6 Å². The van der Waals surface area contributed by atoms with Gasteiger partial charge in [-0.3, -0.25) is 0 Å². The van der Waals surface area contributed by atoms with Gasteiger partial charge in [0.05, 0.1) is 10.7 Å². The fourth-order valence-corrected chi connectivity index (χ4v) is 4.80. The van der Waals surface area contributed by atoms with Crippen molar-refractivity contribution < 1.29 is 9.15 Å². The van der Waals surface area contributed by atoms with Crippen LogP contribution in [-0.2, 0) is 4.74 Å². The van der Waals surface area contributed by atoms with Crippen molar-refractivity contribution >= 4 is 32.7 Å². The quantitative estimate of drug-likeness (QED) is 0.778. The molecule has 4 rings (SSSR count). The van der Waals surface area contributed by atoms with Gasteiger partial charge < -0.3 is 19.4 Å². The molecule has 2 fully saturated rings. The van der Waals surface area contributed by atoms with Crippen LogP contribution in [0.15, 0.2) is 21.2 Å². The maximum absolute atomic E-state index is 9.04. The van der Waals surface area contributed by atoms with Crippen LogP contribution in [0.3, 0.4) is 0 Å². The topological polar surface area (TPSA) is 74.3 Å². The first-order chi connectivity index (χ1) is 13.2. The maximum Gasteiger partial charge on any atom is 0.204 e. The van der Waals surface area contributed by atoms with Gasteiger partial charge in [0.15, 0.2) is 5.58 Å². The monoisotopic (exact) mass is 432 g/mol. The Kier molecular flexibility index (Phi) is 5.96. The summed E-state index contributed by atoms with van der Waals surface area (Å²) in [5.41, 5.74) is 0.633. The molecule has 2 aromatic rings. The van der Waals surface area contributed by atoms with Crippen molar-refractivity contribution in [1.82, 2.24) is 9.88 Å². The number of halogens is 1. The lowest BCUT2D eigenvalue weighted by Gasteiger charge is -2.38. The van der Waals surface area contributed by atoms with Gasteiger partial charge in [-0.1, -0.05) is 0 Å². The van der Waals surface area contributed by atoms with Gasteiger partial charge in [-0.25, -0.2) is 4.98 Å². The van der Waals surface area contributed by atoms with E-state index in [1.165, 1.54) is 12.8 Å². The Hall–Kier alpha value is -1.62. The number of fused-ring (bicyclic) bond motifs is 1. The van der Waals surface area contributed by atoms with E-state index in [0.717, 1.165) is 67.7 Å². The molecule has 1 unspecified atom stereocenters. The number of nitriles is 1. The average molecular weight is 433 g/mol. The molecule has 1 N–H and O–H groups in total. The SMILES string of the molecule is N#Cc1cc2c(Br)c(N[C@@H]3CCCC(N4CCCOCCC4)C3)ncc2o1. The number of anilines is 1. The third-order valence-electron chi connectivity index (χ3n) is 5.60. The zero-order valence-corrected chi connectivity index (χ0v) is 17.0. The van der Waals surface area contributed by atoms with Crippen LogP contribution in [0.1, 0.15) is 44.3 Å². The molecule has 0 aromatic carbocycles. The Morgan fingerprint density at radius 3 is 2.81 bits per heavy atom. The molecule has 27 heavy (non-hydrogen) atoms. The van der Waals surface area contributed by atoms with E-state index in [9.17, 15) is 0 Å². The molecule has 0 radical (unpaired) electrons. The molecule has 0 spiro atoms. The number of nitrogens with zero attached hydrogens (tertiary/aromatic N) is 3. The highest BCUT2D eigenvalue weighted by Crippen LogP contribution is 2.34. The third kappa shape index (κ3) is 4.29. The molecule has 1 aliphatic heterocycles. The molecule has 1 saturated carbocycles. The second-order valence-corrected chi connectivity index (χ2v) is 8.23. The van der Waals surface area contributed by atoms with Gasteiger partial charge in [0.2, 0.25) is 5.76 Å². The first-order valence-electron chi connectivity index (χ1n) is 9.81. The number of ether oxygens (including phenoxy) is 1. The normalized spacial score (nSPS) is 24.9. The molecule has 2 aromatic heterocycles. The van der Waals surface area contributed by atoms with Crippen molar-refractivity contribution in [3.63, 3.8) is 0 Å². The summed E-state index contributed by atoms with van der Waals surface area (Å²) in [6.07, 6.45) is 8.76. The summed E-state index contributed by atoms with van der Waals surface area (Å²) in [6.45, 7) is 4.04. The second kappa shape index (κ2) is 8.59. The highest BCUT2D eigenvalue weighted by Gasteiger charge is 2.27. The summed E-state index contributed by atoms with van der Waals surface area (Å²) in [5.74, 6) is 1.14. The van der Waals surface area contributed by atoms with E-state index in [4.69, 9.17) is 14.4 Å². The predicted molar refractivity (Wildman–Crippen MR) is 108 cm³/mol. The van der Waals surface area contributed by atoms with Crippen molar-refractivity contribution in [3.8, 4) is 6.07 Å². The molecule has 6 nitrogen and oxygen atoms in total. The predicted octanol–water partition coefficient (Wildman–Crippen LogP) is 4.30. The Labute approximate surface area is 168 Å². The molecule has 3 heterocycles. The van der Waals surface area contributed by atoms with E-state index in [2.05, 4.69) is 31.1 Å². The Bertz CT molecular complexity index is 823. The fraction of sp³-hybridized carbons (Fsp3) is 0.600. The van der Waals surface area contributed by atoms with Gasteiger partial charge >= 0.3 is 0 Å². The van der Waals surface area contributed by atoms with E-state index in [1.807, 2.05) is 6.07 Å². The number of hydrogen-bond acceptors (Lipinski definition) is 6. The van der Waals surface area contributed by atoms with Crippen molar-refractivity contribution in [1.29, 1.82) is 5.26 Å². The highest BCUT2D eigenvalue weighted by atomic mass is 79.9. The summed E-state index contributed by atoms with van der Waals surface area (Å²) in [7, 11) is 0. The lowest BCUT2D eigenvalue weighted by Crippen LogP contribution is -2.44. The number of furan rings is 1. The van der Waals surface area contributed by atoms with Gasteiger partial charge in [-0.05, 0) is 54.5 Å². The van der Waals surface area contributed by atoms with E-state index in [0.29, 0.717) is 23.4 Å². The van der Waals surface area contributed by atoms with Gasteiger partial charge in [0, 0.05) is 49.8 Å². The minimum absolute atomic E-state index is 0.309. The van der Waals surface area contributed by atoms with E-state index >= 15 is 0 Å². The number of aromatic nitrogens is 1. The molecule has 0 amide bonds. The third-order valence-corrected chi connectivity index (χ3v) is 6.40. The average Bonchev–Trinajstić information content (AvgIpc) is 3.08. The standard InChI is InChI=1S/C20H25BrN4O2/c21-19-17-11-16(12-22)27-18(17)13-23-20(19)24-14-4-1-5-15(10-14)25-6-2-8-26-9-3-7-25/h11,13-15H,1-10H2,(H,23,24)/t14-,15?/m1/s1. The minimum atomic E-state index is 0.309. The molecule has 2 atom stereocenters. The summed E-state index contributed by atoms with van der Waals surface area (Å²) in [4.78, 5) is 7.19. The lowest BCUT2D eigenvalue weighted by molar-refractivity contribution is 0.0633. The number of pyridine rings is 1. The number of hydrogen-bond donors (Lipinski definition) is 1.